The molecule has 0 spiro atoms. The molecule has 5 nitrogen and oxygen atoms in total. The predicted molar refractivity (Wildman–Crippen MR) is 117 cm³/mol. The van der Waals surface area contributed by atoms with Crippen molar-refractivity contribution in [1.29, 1.82) is 0 Å². The number of fused-ring (bicyclic) bond motifs is 1. The fraction of sp³-hybridized carbons (Fsp3) is 0.261. The summed E-state index contributed by atoms with van der Waals surface area (Å²) in [6.07, 6.45) is 2.03. The molecule has 6 heteroatoms. The number of carbonyl (C=O) groups excluding carboxylic acids is 1. The molecule has 1 aromatic heterocycles. The molecule has 0 N–H and O–H groups in total. The highest BCUT2D eigenvalue weighted by molar-refractivity contribution is 7.99. The van der Waals surface area contributed by atoms with Crippen molar-refractivity contribution in [2.24, 2.45) is 0 Å². The van der Waals surface area contributed by atoms with Gasteiger partial charge < -0.3 is 9.64 Å². The van der Waals surface area contributed by atoms with Crippen LogP contribution in [0.25, 0.3) is 11.4 Å². The summed E-state index contributed by atoms with van der Waals surface area (Å²) in [5, 5.41) is 0.807. The monoisotopic (exact) mass is 405 g/mol. The number of ether oxygens (including phenoxy) is 1. The summed E-state index contributed by atoms with van der Waals surface area (Å²) in [6.45, 7) is 2.72. The van der Waals surface area contributed by atoms with Gasteiger partial charge in [-0.25, -0.2) is 9.97 Å². The summed E-state index contributed by atoms with van der Waals surface area (Å²) >= 11 is 1.46. The Labute approximate surface area is 175 Å². The second kappa shape index (κ2) is 8.66. The van der Waals surface area contributed by atoms with Gasteiger partial charge in [0.15, 0.2) is 5.82 Å². The Kier molecular flexibility index (Phi) is 5.81. The molecule has 3 aromatic rings. The van der Waals surface area contributed by atoms with Crippen LogP contribution in [0.4, 0.5) is 5.69 Å². The number of hydrogen-bond acceptors (Lipinski definition) is 5. The van der Waals surface area contributed by atoms with Crippen molar-refractivity contribution in [2.45, 2.75) is 24.8 Å². The Bertz CT molecular complexity index is 1020. The van der Waals surface area contributed by atoms with Crippen molar-refractivity contribution >= 4 is 23.4 Å². The number of thioether (sulfide) groups is 1. The summed E-state index contributed by atoms with van der Waals surface area (Å²) in [4.78, 5) is 24.0. The van der Waals surface area contributed by atoms with Crippen LogP contribution in [0.3, 0.4) is 0 Å². The number of methoxy groups -OCH3 is 1. The van der Waals surface area contributed by atoms with Crippen LogP contribution in [0.1, 0.15) is 17.7 Å². The van der Waals surface area contributed by atoms with Gasteiger partial charge in [0, 0.05) is 23.5 Å². The summed E-state index contributed by atoms with van der Waals surface area (Å²) in [7, 11) is 1.64. The van der Waals surface area contributed by atoms with Crippen LogP contribution < -0.4 is 9.64 Å². The van der Waals surface area contributed by atoms with Gasteiger partial charge in [0.2, 0.25) is 5.91 Å². The highest BCUT2D eigenvalue weighted by Gasteiger charge is 2.22. The number of amides is 1. The van der Waals surface area contributed by atoms with Crippen LogP contribution in [-0.4, -0.2) is 35.3 Å². The van der Waals surface area contributed by atoms with Crippen molar-refractivity contribution in [3.8, 4) is 17.1 Å². The zero-order valence-corrected chi connectivity index (χ0v) is 17.4. The molecule has 0 saturated heterocycles. The topological polar surface area (TPSA) is 55.3 Å². The molecule has 0 atom stereocenters. The van der Waals surface area contributed by atoms with Gasteiger partial charge in [0.1, 0.15) is 10.8 Å². The highest BCUT2D eigenvalue weighted by Crippen LogP contribution is 2.28. The molecule has 2 heterocycles. The Hall–Kier alpha value is -2.86. The molecular formula is C23H23N3O2S. The minimum absolute atomic E-state index is 0.115. The Morgan fingerprint density at radius 3 is 2.72 bits per heavy atom. The predicted octanol–water partition coefficient (Wildman–Crippen LogP) is 4.53. The quantitative estimate of drug-likeness (QED) is 0.461. The van der Waals surface area contributed by atoms with E-state index >= 15 is 0 Å². The van der Waals surface area contributed by atoms with Crippen LogP contribution in [0, 0.1) is 6.92 Å². The first-order chi connectivity index (χ1) is 14.1. The molecule has 0 radical (unpaired) electrons. The van der Waals surface area contributed by atoms with E-state index < -0.39 is 0 Å². The lowest BCUT2D eigenvalue weighted by molar-refractivity contribution is -0.116. The van der Waals surface area contributed by atoms with Crippen LogP contribution >= 0.6 is 11.8 Å². The van der Waals surface area contributed by atoms with Gasteiger partial charge in [-0.3, -0.25) is 4.79 Å². The third-order valence-electron chi connectivity index (χ3n) is 4.93. The molecule has 0 aliphatic carbocycles. The summed E-state index contributed by atoms with van der Waals surface area (Å²) in [6, 6.07) is 17.8. The van der Waals surface area contributed by atoms with Crippen molar-refractivity contribution in [1.82, 2.24) is 9.97 Å². The molecule has 1 aliphatic heterocycles. The molecule has 0 saturated carbocycles. The number of rotatable bonds is 5. The van der Waals surface area contributed by atoms with Crippen LogP contribution in [0.15, 0.2) is 59.6 Å². The number of hydrogen-bond donors (Lipinski definition) is 0. The number of nitrogens with zero attached hydrogens (tertiary/aromatic N) is 3. The lowest BCUT2D eigenvalue weighted by Crippen LogP contribution is -2.36. The van der Waals surface area contributed by atoms with E-state index in [0.29, 0.717) is 11.6 Å². The number of carbonyl (C=O) groups is 1. The maximum Gasteiger partial charge on any atom is 0.237 e. The Morgan fingerprint density at radius 2 is 1.93 bits per heavy atom. The first-order valence-corrected chi connectivity index (χ1v) is 10.6. The maximum absolute atomic E-state index is 12.9. The van der Waals surface area contributed by atoms with E-state index in [1.54, 1.807) is 7.11 Å². The molecule has 0 unspecified atom stereocenters. The molecule has 148 valence electrons. The van der Waals surface area contributed by atoms with Gasteiger partial charge in [0.05, 0.1) is 12.9 Å². The van der Waals surface area contributed by atoms with Gasteiger partial charge in [-0.15, -0.1) is 0 Å². The van der Waals surface area contributed by atoms with E-state index in [1.165, 1.54) is 17.3 Å². The standard InChI is InChI=1S/C23H23N3O2S/c1-16-14-21(25-23(24-16)18-9-11-19(28-2)12-10-18)29-15-22(27)26-13-5-7-17-6-3-4-8-20(17)26/h3-4,6,8-12,14H,5,7,13,15H2,1-2H3. The zero-order valence-electron chi connectivity index (χ0n) is 16.6. The molecule has 0 fully saturated rings. The third kappa shape index (κ3) is 4.43. The van der Waals surface area contributed by atoms with Gasteiger partial charge in [-0.05, 0) is 61.7 Å². The fourth-order valence-corrected chi connectivity index (χ4v) is 4.32. The van der Waals surface area contributed by atoms with Crippen LogP contribution in [0.2, 0.25) is 0 Å². The number of aryl methyl sites for hydroxylation is 2. The van der Waals surface area contributed by atoms with E-state index in [2.05, 4.69) is 16.0 Å². The lowest BCUT2D eigenvalue weighted by atomic mass is 10.0. The van der Waals surface area contributed by atoms with Crippen LogP contribution in [-0.2, 0) is 11.2 Å². The number of anilines is 1. The van der Waals surface area contributed by atoms with Crippen molar-refractivity contribution in [2.75, 3.05) is 24.3 Å². The Morgan fingerprint density at radius 1 is 1.14 bits per heavy atom. The van der Waals surface area contributed by atoms with E-state index in [1.807, 2.05) is 60.4 Å². The summed E-state index contributed by atoms with van der Waals surface area (Å²) in [5.41, 5.74) is 4.09. The first-order valence-electron chi connectivity index (χ1n) is 9.65. The number of benzene rings is 2. The first kappa shape index (κ1) is 19.5. The summed E-state index contributed by atoms with van der Waals surface area (Å²) in [5.74, 6) is 1.92. The van der Waals surface area contributed by atoms with Gasteiger partial charge in [-0.2, -0.15) is 0 Å². The fourth-order valence-electron chi connectivity index (χ4n) is 3.49. The molecule has 0 bridgehead atoms. The molecule has 2 aromatic carbocycles. The molecule has 1 aliphatic rings. The van der Waals surface area contributed by atoms with Crippen molar-refractivity contribution in [3.05, 3.63) is 65.9 Å². The molecule has 1 amide bonds. The SMILES string of the molecule is COc1ccc(-c2nc(C)cc(SCC(=O)N3CCCc4ccccc43)n2)cc1. The smallest absolute Gasteiger partial charge is 0.237 e. The van der Waals surface area contributed by atoms with E-state index in [9.17, 15) is 4.79 Å². The second-order valence-corrected chi connectivity index (χ2v) is 7.96. The minimum Gasteiger partial charge on any atom is -0.497 e. The Balaban J connectivity index is 1.49. The molecular weight excluding hydrogens is 382 g/mol. The lowest BCUT2D eigenvalue weighted by Gasteiger charge is -2.29. The van der Waals surface area contributed by atoms with Gasteiger partial charge in [-0.1, -0.05) is 30.0 Å². The average molecular weight is 406 g/mol. The molecule has 29 heavy (non-hydrogen) atoms. The normalized spacial score (nSPS) is 13.1. The van der Waals surface area contributed by atoms with E-state index in [4.69, 9.17) is 4.74 Å². The third-order valence-corrected chi connectivity index (χ3v) is 5.83. The maximum atomic E-state index is 12.9. The highest BCUT2D eigenvalue weighted by atomic mass is 32.2. The van der Waals surface area contributed by atoms with E-state index in [0.717, 1.165) is 47.1 Å². The second-order valence-electron chi connectivity index (χ2n) is 6.97. The van der Waals surface area contributed by atoms with E-state index in [-0.39, 0.29) is 5.91 Å². The molecule has 4 rings (SSSR count). The number of para-hydroxylation sites is 1. The van der Waals surface area contributed by atoms with Gasteiger partial charge >= 0.3 is 0 Å². The largest absolute Gasteiger partial charge is 0.497 e. The number of aromatic nitrogens is 2. The van der Waals surface area contributed by atoms with Crippen molar-refractivity contribution in [3.63, 3.8) is 0 Å². The minimum atomic E-state index is 0.115. The van der Waals surface area contributed by atoms with Gasteiger partial charge in [0.25, 0.3) is 0 Å². The van der Waals surface area contributed by atoms with Crippen molar-refractivity contribution < 1.29 is 9.53 Å². The zero-order chi connectivity index (χ0) is 20.2. The average Bonchev–Trinajstić information content (AvgIpc) is 2.77. The summed E-state index contributed by atoms with van der Waals surface area (Å²) < 4.78 is 5.21. The van der Waals surface area contributed by atoms with Crippen LogP contribution in [0.5, 0.6) is 5.75 Å².